The molecule has 1 amide bonds. The Hall–Kier alpha value is -2.30. The highest BCUT2D eigenvalue weighted by Crippen LogP contribution is 2.34. The molecule has 0 aromatic heterocycles. The number of hydrogen-bond donors (Lipinski definition) is 1. The third-order valence-electron chi connectivity index (χ3n) is 4.24. The summed E-state index contributed by atoms with van der Waals surface area (Å²) in [7, 11) is 1.55. The molecule has 1 aromatic carbocycles. The Balaban J connectivity index is 2.18. The molecule has 1 aliphatic rings. The molecule has 0 bridgehead atoms. The van der Waals surface area contributed by atoms with Crippen LogP contribution in [0.15, 0.2) is 35.4 Å². The number of carbonyl (C=O) groups is 2. The number of nitrogens with one attached hydrogen (secondary N) is 1. The van der Waals surface area contributed by atoms with E-state index in [2.05, 4.69) is 5.32 Å². The highest BCUT2D eigenvalue weighted by Gasteiger charge is 2.33. The number of rotatable bonds is 4. The molecule has 2 rings (SSSR count). The van der Waals surface area contributed by atoms with Crippen molar-refractivity contribution >= 4 is 17.6 Å². The first kappa shape index (κ1) is 16.1. The van der Waals surface area contributed by atoms with Gasteiger partial charge in [0.15, 0.2) is 0 Å². The first-order valence-electron chi connectivity index (χ1n) is 7.23. The maximum atomic E-state index is 12.5. The lowest BCUT2D eigenvalue weighted by Crippen LogP contribution is -2.42. The number of amides is 1. The maximum Gasteiger partial charge on any atom is 0.228 e. The number of carboxylic acids is 1. The molecule has 0 fully saturated rings. The lowest BCUT2D eigenvalue weighted by atomic mass is 9.76. The first-order valence-corrected chi connectivity index (χ1v) is 7.23. The van der Waals surface area contributed by atoms with E-state index in [-0.39, 0.29) is 5.91 Å². The van der Waals surface area contributed by atoms with Crippen molar-refractivity contribution in [3.63, 3.8) is 0 Å². The molecule has 0 saturated heterocycles. The minimum absolute atomic E-state index is 0.297. The summed E-state index contributed by atoms with van der Waals surface area (Å²) in [6, 6.07) is 6.98. The van der Waals surface area contributed by atoms with Crippen molar-refractivity contribution < 1.29 is 19.4 Å². The van der Waals surface area contributed by atoms with Gasteiger partial charge < -0.3 is 20.0 Å². The fraction of sp³-hybridized carbons (Fsp3) is 0.412. The zero-order valence-corrected chi connectivity index (χ0v) is 13.0. The molecule has 1 aliphatic carbocycles. The quantitative estimate of drug-likeness (QED) is 0.859. The minimum Gasteiger partial charge on any atom is -0.550 e. The molecule has 0 aliphatic heterocycles. The predicted octanol–water partition coefficient (Wildman–Crippen LogP) is 1.75. The molecular weight excluding hydrogens is 282 g/mol. The fourth-order valence-electron chi connectivity index (χ4n) is 2.75. The lowest BCUT2D eigenvalue weighted by molar-refractivity contribution is -0.313. The van der Waals surface area contributed by atoms with E-state index in [1.165, 1.54) is 0 Å². The van der Waals surface area contributed by atoms with Crippen molar-refractivity contribution in [2.75, 3.05) is 12.4 Å². The molecular formula is C17H20NO4-. The number of carboxylic acid groups (broad SMARTS) is 1. The van der Waals surface area contributed by atoms with E-state index < -0.39 is 17.8 Å². The fourth-order valence-corrected chi connectivity index (χ4v) is 2.75. The Labute approximate surface area is 130 Å². The first-order chi connectivity index (χ1) is 10.4. The van der Waals surface area contributed by atoms with E-state index in [1.807, 2.05) is 13.8 Å². The van der Waals surface area contributed by atoms with Gasteiger partial charge in [-0.15, -0.1) is 0 Å². The second kappa shape index (κ2) is 6.64. The van der Waals surface area contributed by atoms with Crippen LogP contribution < -0.4 is 15.2 Å². The maximum absolute atomic E-state index is 12.5. The van der Waals surface area contributed by atoms with E-state index in [0.29, 0.717) is 24.3 Å². The van der Waals surface area contributed by atoms with E-state index in [4.69, 9.17) is 4.74 Å². The zero-order valence-electron chi connectivity index (χ0n) is 13.0. The third-order valence-corrected chi connectivity index (χ3v) is 4.24. The molecule has 0 unspecified atom stereocenters. The second-order valence-electron chi connectivity index (χ2n) is 5.72. The Bertz CT molecular complexity index is 621. The van der Waals surface area contributed by atoms with Gasteiger partial charge in [-0.05, 0) is 38.8 Å². The molecule has 0 spiro atoms. The minimum atomic E-state index is -1.17. The van der Waals surface area contributed by atoms with Crippen molar-refractivity contribution in [1.82, 2.24) is 0 Å². The van der Waals surface area contributed by atoms with Crippen molar-refractivity contribution in [2.24, 2.45) is 11.8 Å². The standard InChI is InChI=1S/C17H21NO4/c1-10-7-14(15(17(20)21)8-11(10)2)16(19)18-12-5-4-6-13(9-12)22-3/h4-6,9,14-15H,7-8H2,1-3H3,(H,18,19)(H,20,21)/p-1/t14-,15+/m0/s1. The number of carbonyl (C=O) groups excluding carboxylic acids is 2. The molecule has 118 valence electrons. The van der Waals surface area contributed by atoms with Gasteiger partial charge in [0, 0.05) is 23.6 Å². The zero-order chi connectivity index (χ0) is 16.3. The summed E-state index contributed by atoms with van der Waals surface area (Å²) >= 11 is 0. The van der Waals surface area contributed by atoms with Crippen LogP contribution in [0.25, 0.3) is 0 Å². The molecule has 5 nitrogen and oxygen atoms in total. The molecule has 0 radical (unpaired) electrons. The van der Waals surface area contributed by atoms with E-state index >= 15 is 0 Å². The van der Waals surface area contributed by atoms with Crippen LogP contribution in [0.3, 0.4) is 0 Å². The number of benzene rings is 1. The van der Waals surface area contributed by atoms with Gasteiger partial charge >= 0.3 is 0 Å². The third kappa shape index (κ3) is 3.47. The van der Waals surface area contributed by atoms with Gasteiger partial charge in [0.1, 0.15) is 5.75 Å². The number of hydrogen-bond acceptors (Lipinski definition) is 4. The summed E-state index contributed by atoms with van der Waals surface area (Å²) in [5, 5.41) is 14.1. The number of allylic oxidation sites excluding steroid dienone is 2. The Morgan fingerprint density at radius 1 is 1.18 bits per heavy atom. The van der Waals surface area contributed by atoms with Crippen LogP contribution >= 0.6 is 0 Å². The van der Waals surface area contributed by atoms with Gasteiger partial charge in [0.2, 0.25) is 5.91 Å². The SMILES string of the molecule is COc1cccc(NC(=O)[C@H]2CC(C)=C(C)C[C@H]2C(=O)[O-])c1. The normalized spacial score (nSPS) is 21.4. The van der Waals surface area contributed by atoms with Gasteiger partial charge in [-0.3, -0.25) is 4.79 Å². The highest BCUT2D eigenvalue weighted by molar-refractivity contribution is 5.95. The van der Waals surface area contributed by atoms with Crippen LogP contribution in [0.2, 0.25) is 0 Å². The molecule has 0 heterocycles. The van der Waals surface area contributed by atoms with Crippen LogP contribution in [-0.2, 0) is 9.59 Å². The molecule has 22 heavy (non-hydrogen) atoms. The Morgan fingerprint density at radius 2 is 1.82 bits per heavy atom. The number of methoxy groups -OCH3 is 1. The molecule has 2 atom stereocenters. The van der Waals surface area contributed by atoms with Gasteiger partial charge in [0.25, 0.3) is 0 Å². The van der Waals surface area contributed by atoms with E-state index in [0.717, 1.165) is 11.1 Å². The van der Waals surface area contributed by atoms with Crippen LogP contribution in [0, 0.1) is 11.8 Å². The molecule has 1 N–H and O–H groups in total. The monoisotopic (exact) mass is 302 g/mol. The van der Waals surface area contributed by atoms with Gasteiger partial charge in [-0.2, -0.15) is 0 Å². The summed E-state index contributed by atoms with van der Waals surface area (Å²) < 4.78 is 5.11. The van der Waals surface area contributed by atoms with Crippen LogP contribution in [0.4, 0.5) is 5.69 Å². The van der Waals surface area contributed by atoms with Gasteiger partial charge in [-0.25, -0.2) is 0 Å². The van der Waals surface area contributed by atoms with Crippen LogP contribution in [0.1, 0.15) is 26.7 Å². The van der Waals surface area contributed by atoms with Gasteiger partial charge in [0.05, 0.1) is 13.0 Å². The number of aliphatic carboxylic acids is 1. The van der Waals surface area contributed by atoms with Crippen molar-refractivity contribution in [1.29, 1.82) is 0 Å². The van der Waals surface area contributed by atoms with Crippen LogP contribution in [-0.4, -0.2) is 19.0 Å². The van der Waals surface area contributed by atoms with Gasteiger partial charge in [-0.1, -0.05) is 17.2 Å². The van der Waals surface area contributed by atoms with Crippen molar-refractivity contribution in [3.8, 4) is 5.75 Å². The summed E-state index contributed by atoms with van der Waals surface area (Å²) in [5.74, 6) is -2.23. The smallest absolute Gasteiger partial charge is 0.228 e. The van der Waals surface area contributed by atoms with Crippen LogP contribution in [0.5, 0.6) is 5.75 Å². The summed E-state index contributed by atoms with van der Waals surface area (Å²) in [6.45, 7) is 3.84. The molecule has 0 saturated carbocycles. The number of ether oxygens (including phenoxy) is 1. The average Bonchev–Trinajstić information content (AvgIpc) is 2.49. The lowest BCUT2D eigenvalue weighted by Gasteiger charge is -2.32. The molecule has 5 heteroatoms. The predicted molar refractivity (Wildman–Crippen MR) is 81.2 cm³/mol. The topological polar surface area (TPSA) is 78.5 Å². The van der Waals surface area contributed by atoms with E-state index in [9.17, 15) is 14.7 Å². The molecule has 1 aromatic rings. The Kier molecular flexibility index (Phi) is 4.85. The highest BCUT2D eigenvalue weighted by atomic mass is 16.5. The summed E-state index contributed by atoms with van der Waals surface area (Å²) in [5.41, 5.74) is 2.69. The van der Waals surface area contributed by atoms with Crippen molar-refractivity contribution in [2.45, 2.75) is 26.7 Å². The number of anilines is 1. The average molecular weight is 302 g/mol. The summed E-state index contributed by atoms with van der Waals surface area (Å²) in [4.78, 5) is 23.8. The largest absolute Gasteiger partial charge is 0.550 e. The Morgan fingerprint density at radius 3 is 2.41 bits per heavy atom. The summed E-state index contributed by atoms with van der Waals surface area (Å²) in [6.07, 6.45) is 0.810. The second-order valence-corrected chi connectivity index (χ2v) is 5.72. The van der Waals surface area contributed by atoms with E-state index in [1.54, 1.807) is 31.4 Å². The van der Waals surface area contributed by atoms with Crippen molar-refractivity contribution in [3.05, 3.63) is 35.4 Å².